The van der Waals surface area contributed by atoms with E-state index in [1.165, 1.54) is 0 Å². The third-order valence-corrected chi connectivity index (χ3v) is 4.52. The molecule has 1 N–H and O–H groups in total. The molecule has 122 valence electrons. The largest absolute Gasteiger partial charge is 0.391 e. The number of likely N-dealkylation sites (tertiary alicyclic amines) is 1. The summed E-state index contributed by atoms with van der Waals surface area (Å²) in [5.74, 6) is -0.148. The molecule has 0 aliphatic carbocycles. The van der Waals surface area contributed by atoms with Crippen LogP contribution in [-0.2, 0) is 6.54 Å². The van der Waals surface area contributed by atoms with Crippen LogP contribution < -0.4 is 0 Å². The Morgan fingerprint density at radius 1 is 1.39 bits per heavy atom. The van der Waals surface area contributed by atoms with Crippen LogP contribution in [0.2, 0.25) is 5.15 Å². The summed E-state index contributed by atoms with van der Waals surface area (Å²) in [4.78, 5) is 14.4. The summed E-state index contributed by atoms with van der Waals surface area (Å²) in [5.41, 5.74) is 2.14. The Bertz CT molecular complexity index is 699. The molecule has 0 radical (unpaired) electrons. The maximum atomic E-state index is 12.7. The minimum Gasteiger partial charge on any atom is -0.391 e. The van der Waals surface area contributed by atoms with Gasteiger partial charge in [0.2, 0.25) is 0 Å². The first kappa shape index (κ1) is 16.0. The van der Waals surface area contributed by atoms with E-state index in [0.29, 0.717) is 36.0 Å². The molecular weight excluding hydrogens is 314 g/mol. The van der Waals surface area contributed by atoms with Gasteiger partial charge in [-0.2, -0.15) is 5.10 Å². The fourth-order valence-corrected chi connectivity index (χ4v) is 3.27. The number of carbonyl (C=O) groups excluding carboxylic acids is 1. The van der Waals surface area contributed by atoms with Gasteiger partial charge in [-0.25, -0.2) is 4.68 Å². The van der Waals surface area contributed by atoms with Gasteiger partial charge in [0.15, 0.2) is 0 Å². The van der Waals surface area contributed by atoms with Crippen molar-refractivity contribution in [3.05, 3.63) is 52.3 Å². The third kappa shape index (κ3) is 3.41. The highest BCUT2D eigenvalue weighted by Gasteiger charge is 2.28. The van der Waals surface area contributed by atoms with Crippen molar-refractivity contribution in [2.45, 2.75) is 32.4 Å². The molecule has 1 unspecified atom stereocenters. The number of rotatable bonds is 3. The molecule has 0 spiro atoms. The van der Waals surface area contributed by atoms with Crippen LogP contribution in [0.15, 0.2) is 30.3 Å². The second-order valence-corrected chi connectivity index (χ2v) is 6.30. The summed E-state index contributed by atoms with van der Waals surface area (Å²) < 4.78 is 1.65. The van der Waals surface area contributed by atoms with Crippen molar-refractivity contribution in [1.82, 2.24) is 14.7 Å². The number of aliphatic hydroxyl groups is 1. The highest BCUT2D eigenvalue weighted by Crippen LogP contribution is 2.24. The Labute approximate surface area is 140 Å². The van der Waals surface area contributed by atoms with Crippen molar-refractivity contribution >= 4 is 17.5 Å². The lowest BCUT2D eigenvalue weighted by atomic mass is 10.1. The van der Waals surface area contributed by atoms with Crippen LogP contribution in [-0.4, -0.2) is 44.9 Å². The normalized spacial score (nSPS) is 18.2. The summed E-state index contributed by atoms with van der Waals surface area (Å²) >= 11 is 6.42. The van der Waals surface area contributed by atoms with E-state index >= 15 is 0 Å². The van der Waals surface area contributed by atoms with E-state index in [1.54, 1.807) is 16.5 Å². The van der Waals surface area contributed by atoms with Gasteiger partial charge in [0.05, 0.1) is 23.9 Å². The second kappa shape index (κ2) is 6.72. The SMILES string of the molecule is Cc1nn(Cc2ccccc2)c(Cl)c1C(=O)N1CCCC(O)C1. The molecular formula is C17H20ClN3O2. The zero-order chi connectivity index (χ0) is 16.4. The molecule has 5 nitrogen and oxygen atoms in total. The molecule has 1 amide bonds. The Balaban J connectivity index is 1.84. The van der Waals surface area contributed by atoms with Crippen molar-refractivity contribution in [1.29, 1.82) is 0 Å². The van der Waals surface area contributed by atoms with Crippen molar-refractivity contribution in [2.24, 2.45) is 0 Å². The Morgan fingerprint density at radius 2 is 2.13 bits per heavy atom. The lowest BCUT2D eigenvalue weighted by Crippen LogP contribution is -2.42. The van der Waals surface area contributed by atoms with Gasteiger partial charge in [-0.1, -0.05) is 41.9 Å². The summed E-state index contributed by atoms with van der Waals surface area (Å²) in [5, 5.41) is 14.5. The number of piperidine rings is 1. The van der Waals surface area contributed by atoms with Gasteiger partial charge in [0.1, 0.15) is 5.15 Å². The van der Waals surface area contributed by atoms with Gasteiger partial charge in [0, 0.05) is 13.1 Å². The van der Waals surface area contributed by atoms with Crippen LogP contribution in [0, 0.1) is 6.92 Å². The summed E-state index contributed by atoms with van der Waals surface area (Å²) in [6.45, 7) is 3.32. The molecule has 3 rings (SSSR count). The lowest BCUT2D eigenvalue weighted by molar-refractivity contribution is 0.0473. The Kier molecular flexibility index (Phi) is 4.68. The zero-order valence-electron chi connectivity index (χ0n) is 13.1. The predicted molar refractivity (Wildman–Crippen MR) is 88.7 cm³/mol. The number of aliphatic hydroxyl groups excluding tert-OH is 1. The minimum absolute atomic E-state index is 0.148. The van der Waals surface area contributed by atoms with Gasteiger partial charge in [0.25, 0.3) is 5.91 Å². The zero-order valence-corrected chi connectivity index (χ0v) is 13.8. The minimum atomic E-state index is -0.453. The van der Waals surface area contributed by atoms with Crippen LogP contribution in [0.1, 0.15) is 34.5 Å². The second-order valence-electron chi connectivity index (χ2n) is 5.94. The summed E-state index contributed by atoms with van der Waals surface area (Å²) in [6, 6.07) is 9.86. The van der Waals surface area contributed by atoms with E-state index < -0.39 is 6.10 Å². The van der Waals surface area contributed by atoms with Crippen LogP contribution in [0.4, 0.5) is 0 Å². The molecule has 1 aromatic carbocycles. The standard InChI is InChI=1S/C17H20ClN3O2/c1-12-15(17(23)20-9-5-8-14(22)11-20)16(18)21(19-12)10-13-6-3-2-4-7-13/h2-4,6-7,14,22H,5,8-11H2,1H3. The molecule has 0 saturated carbocycles. The van der Waals surface area contributed by atoms with Crippen molar-refractivity contribution in [3.8, 4) is 0 Å². The number of aryl methyl sites for hydroxylation is 1. The number of hydrogen-bond donors (Lipinski definition) is 1. The number of benzene rings is 1. The van der Waals surface area contributed by atoms with E-state index in [4.69, 9.17) is 11.6 Å². The van der Waals surface area contributed by atoms with E-state index in [9.17, 15) is 9.90 Å². The number of carbonyl (C=O) groups is 1. The van der Waals surface area contributed by atoms with E-state index in [2.05, 4.69) is 5.10 Å². The van der Waals surface area contributed by atoms with Gasteiger partial charge in [-0.3, -0.25) is 4.79 Å². The smallest absolute Gasteiger partial charge is 0.258 e. The molecule has 1 aliphatic rings. The number of hydrogen-bond acceptors (Lipinski definition) is 3. The average Bonchev–Trinajstić information content (AvgIpc) is 2.82. The highest BCUT2D eigenvalue weighted by atomic mass is 35.5. The summed E-state index contributed by atoms with van der Waals surface area (Å²) in [6.07, 6.45) is 1.09. The predicted octanol–water partition coefficient (Wildman–Crippen LogP) is 2.49. The number of halogens is 1. The molecule has 1 aliphatic heterocycles. The first-order chi connectivity index (χ1) is 11.1. The van der Waals surface area contributed by atoms with Crippen LogP contribution in [0.25, 0.3) is 0 Å². The number of β-amino-alcohol motifs (C(OH)–C–C–N with tert-alkyl or cyclic N) is 1. The van der Waals surface area contributed by atoms with Crippen molar-refractivity contribution in [2.75, 3.05) is 13.1 Å². The van der Waals surface area contributed by atoms with Crippen molar-refractivity contribution in [3.63, 3.8) is 0 Å². The first-order valence-corrected chi connectivity index (χ1v) is 8.18. The molecule has 6 heteroatoms. The molecule has 1 atom stereocenters. The maximum Gasteiger partial charge on any atom is 0.258 e. The monoisotopic (exact) mass is 333 g/mol. The number of amides is 1. The molecule has 23 heavy (non-hydrogen) atoms. The third-order valence-electron chi connectivity index (χ3n) is 4.14. The average molecular weight is 334 g/mol. The highest BCUT2D eigenvalue weighted by molar-refractivity contribution is 6.33. The van der Waals surface area contributed by atoms with Crippen molar-refractivity contribution < 1.29 is 9.90 Å². The molecule has 1 saturated heterocycles. The Morgan fingerprint density at radius 3 is 2.83 bits per heavy atom. The van der Waals surface area contributed by atoms with E-state index in [-0.39, 0.29) is 5.91 Å². The topological polar surface area (TPSA) is 58.4 Å². The quantitative estimate of drug-likeness (QED) is 0.938. The lowest BCUT2D eigenvalue weighted by Gasteiger charge is -2.30. The first-order valence-electron chi connectivity index (χ1n) is 7.80. The molecule has 1 aromatic heterocycles. The van der Waals surface area contributed by atoms with E-state index in [0.717, 1.165) is 18.4 Å². The van der Waals surface area contributed by atoms with Crippen LogP contribution in [0.3, 0.4) is 0 Å². The molecule has 2 heterocycles. The van der Waals surface area contributed by atoms with Gasteiger partial charge in [-0.05, 0) is 25.3 Å². The van der Waals surface area contributed by atoms with Gasteiger partial charge in [-0.15, -0.1) is 0 Å². The van der Waals surface area contributed by atoms with Crippen LogP contribution >= 0.6 is 11.6 Å². The molecule has 0 bridgehead atoms. The molecule has 2 aromatic rings. The number of aromatic nitrogens is 2. The molecule has 1 fully saturated rings. The Hall–Kier alpha value is -1.85. The fourth-order valence-electron chi connectivity index (χ4n) is 2.95. The maximum absolute atomic E-state index is 12.7. The number of nitrogens with zero attached hydrogens (tertiary/aromatic N) is 3. The van der Waals surface area contributed by atoms with E-state index in [1.807, 2.05) is 30.3 Å². The van der Waals surface area contributed by atoms with Crippen LogP contribution in [0.5, 0.6) is 0 Å². The summed E-state index contributed by atoms with van der Waals surface area (Å²) in [7, 11) is 0. The van der Waals surface area contributed by atoms with Gasteiger partial charge < -0.3 is 10.0 Å². The fraction of sp³-hybridized carbons (Fsp3) is 0.412. The van der Waals surface area contributed by atoms with Gasteiger partial charge >= 0.3 is 0 Å².